The average molecular weight is 341 g/mol. The summed E-state index contributed by atoms with van der Waals surface area (Å²) < 4.78 is 13.7. The maximum Gasteiger partial charge on any atom is 0.344 e. The Kier molecular flexibility index (Phi) is 8.10. The van der Waals surface area contributed by atoms with Crippen LogP contribution in [0.3, 0.4) is 0 Å². The Labute approximate surface area is 146 Å². The molecule has 136 valence electrons. The fourth-order valence-corrected chi connectivity index (χ4v) is 9.76. The summed E-state index contributed by atoms with van der Waals surface area (Å²) in [5.41, 5.74) is 1.49. The third kappa shape index (κ3) is 5.57. The van der Waals surface area contributed by atoms with E-state index in [2.05, 4.69) is 27.7 Å². The van der Waals surface area contributed by atoms with E-state index in [0.29, 0.717) is 11.8 Å². The van der Waals surface area contributed by atoms with Gasteiger partial charge in [0.2, 0.25) is 0 Å². The van der Waals surface area contributed by atoms with E-state index in [4.69, 9.17) is 8.85 Å². The summed E-state index contributed by atoms with van der Waals surface area (Å²) in [5, 5.41) is 0. The number of hydrogen-bond donors (Lipinski definition) is 0. The lowest BCUT2D eigenvalue weighted by Crippen LogP contribution is -2.53. The van der Waals surface area contributed by atoms with Gasteiger partial charge in [-0.25, -0.2) is 0 Å². The first-order chi connectivity index (χ1) is 11.0. The second-order valence-corrected chi connectivity index (χ2v) is 12.5. The van der Waals surface area contributed by atoms with Crippen molar-refractivity contribution in [2.75, 3.05) is 13.2 Å². The Balaban J connectivity index is 2.20. The predicted molar refractivity (Wildman–Crippen MR) is 101 cm³/mol. The Morgan fingerprint density at radius 3 is 1.30 bits per heavy atom. The first-order valence-electron chi connectivity index (χ1n) is 10.3. The van der Waals surface area contributed by atoms with Crippen LogP contribution in [0.2, 0.25) is 11.1 Å². The molecule has 2 aliphatic rings. The van der Waals surface area contributed by atoms with Gasteiger partial charge in [0, 0.05) is 24.3 Å². The molecule has 0 aromatic heterocycles. The van der Waals surface area contributed by atoms with Gasteiger partial charge in [-0.15, -0.1) is 0 Å². The molecular formula is C20H40O2Si. The standard InChI is InChI=1S/C20H40O2Si/c1-17(2)15-21-23(22-16-18(3)4,19-11-7-5-8-12-19)20-13-9-6-10-14-20/h17-20H,5-16H2,1-4H3. The van der Waals surface area contributed by atoms with E-state index in [9.17, 15) is 0 Å². The Morgan fingerprint density at radius 2 is 1.00 bits per heavy atom. The van der Waals surface area contributed by atoms with Gasteiger partial charge < -0.3 is 8.85 Å². The molecule has 23 heavy (non-hydrogen) atoms. The lowest BCUT2D eigenvalue weighted by atomic mass is 9.99. The third-order valence-electron chi connectivity index (χ3n) is 5.63. The van der Waals surface area contributed by atoms with Crippen molar-refractivity contribution in [3.8, 4) is 0 Å². The highest BCUT2D eigenvalue weighted by atomic mass is 28.4. The molecule has 2 aliphatic carbocycles. The van der Waals surface area contributed by atoms with E-state index in [-0.39, 0.29) is 0 Å². The molecule has 0 bridgehead atoms. The van der Waals surface area contributed by atoms with Crippen LogP contribution in [0.5, 0.6) is 0 Å². The van der Waals surface area contributed by atoms with Crippen LogP contribution in [0.4, 0.5) is 0 Å². The molecule has 0 atom stereocenters. The second-order valence-electron chi connectivity index (χ2n) is 8.80. The molecule has 0 aromatic carbocycles. The summed E-state index contributed by atoms with van der Waals surface area (Å²) in [5.74, 6) is 1.22. The fraction of sp³-hybridized carbons (Fsp3) is 1.00. The zero-order valence-electron chi connectivity index (χ0n) is 16.1. The highest BCUT2D eigenvalue weighted by Crippen LogP contribution is 2.49. The topological polar surface area (TPSA) is 18.5 Å². The summed E-state index contributed by atoms with van der Waals surface area (Å²) in [6.07, 6.45) is 13.8. The lowest BCUT2D eigenvalue weighted by molar-refractivity contribution is 0.110. The first kappa shape index (κ1) is 19.5. The van der Waals surface area contributed by atoms with Gasteiger partial charge in [0.15, 0.2) is 0 Å². The number of rotatable bonds is 8. The first-order valence-corrected chi connectivity index (χ1v) is 12.3. The Bertz CT molecular complexity index is 286. The normalized spacial score (nSPS) is 22.2. The van der Waals surface area contributed by atoms with Crippen LogP contribution in [-0.4, -0.2) is 21.8 Å². The van der Waals surface area contributed by atoms with Gasteiger partial charge in [0.25, 0.3) is 0 Å². The van der Waals surface area contributed by atoms with Crippen LogP contribution >= 0.6 is 0 Å². The highest BCUT2D eigenvalue weighted by molar-refractivity contribution is 6.70. The molecule has 2 saturated carbocycles. The van der Waals surface area contributed by atoms with Gasteiger partial charge in [-0.3, -0.25) is 0 Å². The molecule has 2 rings (SSSR count). The van der Waals surface area contributed by atoms with Crippen molar-refractivity contribution in [1.29, 1.82) is 0 Å². The Hall–Kier alpha value is 0.137. The monoisotopic (exact) mass is 340 g/mol. The van der Waals surface area contributed by atoms with Crippen molar-refractivity contribution >= 4 is 8.56 Å². The molecule has 3 heteroatoms. The SMILES string of the molecule is CC(C)CO[Si](OCC(C)C)(C1CCCCC1)C1CCCCC1. The summed E-state index contributed by atoms with van der Waals surface area (Å²) in [6.45, 7) is 10.9. The minimum atomic E-state index is -2.12. The van der Waals surface area contributed by atoms with E-state index in [1.807, 2.05) is 0 Å². The van der Waals surface area contributed by atoms with Gasteiger partial charge >= 0.3 is 8.56 Å². The molecule has 0 amide bonds. The van der Waals surface area contributed by atoms with Crippen LogP contribution < -0.4 is 0 Å². The molecule has 0 spiro atoms. The van der Waals surface area contributed by atoms with Crippen molar-refractivity contribution in [2.45, 2.75) is 103 Å². The predicted octanol–water partition coefficient (Wildman–Crippen LogP) is 6.44. The molecule has 0 saturated heterocycles. The summed E-state index contributed by atoms with van der Waals surface area (Å²) >= 11 is 0. The quantitative estimate of drug-likeness (QED) is 0.473. The molecule has 0 heterocycles. The highest BCUT2D eigenvalue weighted by Gasteiger charge is 2.52. The average Bonchev–Trinajstić information content (AvgIpc) is 2.56. The van der Waals surface area contributed by atoms with E-state index < -0.39 is 8.56 Å². The summed E-state index contributed by atoms with van der Waals surface area (Å²) in [6, 6.07) is 0. The molecule has 2 nitrogen and oxygen atoms in total. The minimum Gasteiger partial charge on any atom is -0.394 e. The van der Waals surface area contributed by atoms with E-state index in [1.54, 1.807) is 0 Å². The van der Waals surface area contributed by atoms with Gasteiger partial charge in [-0.1, -0.05) is 66.2 Å². The van der Waals surface area contributed by atoms with Gasteiger partial charge in [0.05, 0.1) is 0 Å². The minimum absolute atomic E-state index is 0.608. The largest absolute Gasteiger partial charge is 0.394 e. The van der Waals surface area contributed by atoms with Crippen LogP contribution in [0, 0.1) is 11.8 Å². The van der Waals surface area contributed by atoms with Gasteiger partial charge in [-0.05, 0) is 37.5 Å². The third-order valence-corrected chi connectivity index (χ3v) is 10.3. The van der Waals surface area contributed by atoms with E-state index in [1.165, 1.54) is 64.2 Å². The molecule has 0 aliphatic heterocycles. The molecule has 0 radical (unpaired) electrons. The molecule has 0 N–H and O–H groups in total. The van der Waals surface area contributed by atoms with Crippen LogP contribution in [-0.2, 0) is 8.85 Å². The van der Waals surface area contributed by atoms with Gasteiger partial charge in [-0.2, -0.15) is 0 Å². The van der Waals surface area contributed by atoms with Crippen LogP contribution in [0.1, 0.15) is 91.9 Å². The van der Waals surface area contributed by atoms with Crippen molar-refractivity contribution in [2.24, 2.45) is 11.8 Å². The zero-order chi connectivity index (χ0) is 16.7. The molecule has 0 aromatic rings. The maximum absolute atomic E-state index is 6.84. The zero-order valence-corrected chi connectivity index (χ0v) is 17.1. The van der Waals surface area contributed by atoms with Crippen LogP contribution in [0.25, 0.3) is 0 Å². The second kappa shape index (κ2) is 9.58. The summed E-state index contributed by atoms with van der Waals surface area (Å²) in [7, 11) is -2.12. The van der Waals surface area contributed by atoms with Crippen molar-refractivity contribution in [3.05, 3.63) is 0 Å². The molecular weight excluding hydrogens is 300 g/mol. The maximum atomic E-state index is 6.84. The smallest absolute Gasteiger partial charge is 0.344 e. The molecule has 0 unspecified atom stereocenters. The van der Waals surface area contributed by atoms with E-state index >= 15 is 0 Å². The Morgan fingerprint density at radius 1 is 0.652 bits per heavy atom. The van der Waals surface area contributed by atoms with Crippen molar-refractivity contribution < 1.29 is 8.85 Å². The fourth-order valence-electron chi connectivity index (χ4n) is 4.45. The lowest BCUT2D eigenvalue weighted by Gasteiger charge is -2.46. The van der Waals surface area contributed by atoms with Gasteiger partial charge in [0.1, 0.15) is 0 Å². The van der Waals surface area contributed by atoms with E-state index in [0.717, 1.165) is 24.3 Å². The summed E-state index contributed by atoms with van der Waals surface area (Å²) in [4.78, 5) is 0. The van der Waals surface area contributed by atoms with Crippen molar-refractivity contribution in [1.82, 2.24) is 0 Å². The molecule has 2 fully saturated rings. The number of hydrogen-bond acceptors (Lipinski definition) is 2. The van der Waals surface area contributed by atoms with Crippen LogP contribution in [0.15, 0.2) is 0 Å². The van der Waals surface area contributed by atoms with Crippen molar-refractivity contribution in [3.63, 3.8) is 0 Å².